The smallest absolute Gasteiger partial charge is 0.220 e. The monoisotopic (exact) mass is 225 g/mol. The van der Waals surface area contributed by atoms with Gasteiger partial charge in [-0.2, -0.15) is 0 Å². The van der Waals surface area contributed by atoms with Crippen LogP contribution in [0.15, 0.2) is 6.20 Å². The second-order valence-corrected chi connectivity index (χ2v) is 4.19. The lowest BCUT2D eigenvalue weighted by atomic mass is 10.1. The highest BCUT2D eigenvalue weighted by Gasteiger charge is 2.21. The Morgan fingerprint density at radius 1 is 1.67 bits per heavy atom. The third kappa shape index (κ3) is 1.97. The molecule has 1 atom stereocenters. The number of rotatable bonds is 2. The molecule has 2 N–H and O–H groups in total. The minimum Gasteiger partial charge on any atom is -0.354 e. The molecule has 1 saturated heterocycles. The normalized spacial score (nSPS) is 21.4. The fraction of sp³-hybridized carbons (Fsp3) is 0.600. The standard InChI is InChI=1S/C10H15N3OS/c1-2-7-5-12-10(15)13(7)8-3-4-9(14)11-6-8/h5,8H,2-4,6H2,1H3,(H,11,14)(H,12,15). The first-order valence-corrected chi connectivity index (χ1v) is 5.68. The number of amides is 1. The summed E-state index contributed by atoms with van der Waals surface area (Å²) in [5.41, 5.74) is 1.21. The Hall–Kier alpha value is -1.10. The number of aromatic amines is 1. The summed E-state index contributed by atoms with van der Waals surface area (Å²) in [5, 5.41) is 2.88. The van der Waals surface area contributed by atoms with Crippen LogP contribution in [0.2, 0.25) is 0 Å². The molecule has 0 bridgehead atoms. The van der Waals surface area contributed by atoms with Crippen molar-refractivity contribution in [1.29, 1.82) is 0 Å². The Morgan fingerprint density at radius 3 is 3.07 bits per heavy atom. The van der Waals surface area contributed by atoms with Gasteiger partial charge >= 0.3 is 0 Å². The number of hydrogen-bond donors (Lipinski definition) is 2. The molecule has 82 valence electrons. The van der Waals surface area contributed by atoms with Crippen molar-refractivity contribution in [3.05, 3.63) is 16.7 Å². The Kier molecular flexibility index (Phi) is 2.90. The van der Waals surface area contributed by atoms with Crippen LogP contribution in [0, 0.1) is 4.77 Å². The first kappa shape index (κ1) is 10.4. The Bertz CT molecular complexity index is 411. The lowest BCUT2D eigenvalue weighted by Crippen LogP contribution is -2.36. The topological polar surface area (TPSA) is 49.8 Å². The van der Waals surface area contributed by atoms with Crippen molar-refractivity contribution >= 4 is 18.1 Å². The number of H-pyrrole nitrogens is 1. The van der Waals surface area contributed by atoms with Crippen molar-refractivity contribution in [3.8, 4) is 0 Å². The van der Waals surface area contributed by atoms with Crippen LogP contribution in [0.1, 0.15) is 31.5 Å². The molecule has 0 aromatic carbocycles. The van der Waals surface area contributed by atoms with Crippen molar-refractivity contribution in [2.45, 2.75) is 32.2 Å². The molecule has 5 heteroatoms. The van der Waals surface area contributed by atoms with E-state index >= 15 is 0 Å². The van der Waals surface area contributed by atoms with Gasteiger partial charge in [0.2, 0.25) is 5.91 Å². The van der Waals surface area contributed by atoms with E-state index in [4.69, 9.17) is 12.2 Å². The number of aryl methyl sites for hydroxylation is 1. The van der Waals surface area contributed by atoms with E-state index in [2.05, 4.69) is 21.8 Å². The predicted octanol–water partition coefficient (Wildman–Crippen LogP) is 1.56. The molecular formula is C10H15N3OS. The first-order chi connectivity index (χ1) is 7.22. The lowest BCUT2D eigenvalue weighted by molar-refractivity contribution is -0.122. The summed E-state index contributed by atoms with van der Waals surface area (Å²) < 4.78 is 2.89. The van der Waals surface area contributed by atoms with Gasteiger partial charge in [0.1, 0.15) is 0 Å². The predicted molar refractivity (Wildman–Crippen MR) is 60.3 cm³/mol. The zero-order valence-corrected chi connectivity index (χ0v) is 9.56. The average Bonchev–Trinajstić information content (AvgIpc) is 2.61. The second kappa shape index (κ2) is 4.18. The summed E-state index contributed by atoms with van der Waals surface area (Å²) in [7, 11) is 0. The molecule has 1 aliphatic heterocycles. The molecule has 0 radical (unpaired) electrons. The fourth-order valence-corrected chi connectivity index (χ4v) is 2.35. The maximum absolute atomic E-state index is 11.1. The van der Waals surface area contributed by atoms with Gasteiger partial charge in [0.25, 0.3) is 0 Å². The number of nitrogens with one attached hydrogen (secondary N) is 2. The van der Waals surface area contributed by atoms with Gasteiger partial charge in [0.15, 0.2) is 4.77 Å². The van der Waals surface area contributed by atoms with Crippen molar-refractivity contribution in [2.24, 2.45) is 0 Å². The largest absolute Gasteiger partial charge is 0.354 e. The quantitative estimate of drug-likeness (QED) is 0.750. The maximum Gasteiger partial charge on any atom is 0.220 e. The molecule has 1 fully saturated rings. The van der Waals surface area contributed by atoms with E-state index < -0.39 is 0 Å². The second-order valence-electron chi connectivity index (χ2n) is 3.81. The molecule has 2 rings (SSSR count). The van der Waals surface area contributed by atoms with E-state index in [0.717, 1.165) is 17.6 Å². The van der Waals surface area contributed by atoms with E-state index in [1.807, 2.05) is 6.20 Å². The highest BCUT2D eigenvalue weighted by Crippen LogP contribution is 2.20. The number of hydrogen-bond acceptors (Lipinski definition) is 2. The summed E-state index contributed by atoms with van der Waals surface area (Å²) in [6, 6.07) is 0.316. The van der Waals surface area contributed by atoms with E-state index in [1.54, 1.807) is 0 Å². The number of imidazole rings is 1. The van der Waals surface area contributed by atoms with Gasteiger partial charge in [-0.3, -0.25) is 4.79 Å². The first-order valence-electron chi connectivity index (χ1n) is 5.28. The Labute approximate surface area is 93.7 Å². The molecule has 1 unspecified atom stereocenters. The number of piperidine rings is 1. The molecule has 0 saturated carbocycles. The van der Waals surface area contributed by atoms with E-state index in [-0.39, 0.29) is 5.91 Å². The minimum absolute atomic E-state index is 0.145. The number of nitrogens with zero attached hydrogens (tertiary/aromatic N) is 1. The van der Waals surface area contributed by atoms with Crippen molar-refractivity contribution in [2.75, 3.05) is 6.54 Å². The van der Waals surface area contributed by atoms with E-state index in [9.17, 15) is 4.79 Å². The van der Waals surface area contributed by atoms with Crippen LogP contribution in [0.5, 0.6) is 0 Å². The van der Waals surface area contributed by atoms with E-state index in [1.165, 1.54) is 5.69 Å². The third-order valence-corrected chi connectivity index (χ3v) is 3.17. The molecule has 1 aliphatic rings. The van der Waals surface area contributed by atoms with Crippen LogP contribution in [-0.2, 0) is 11.2 Å². The van der Waals surface area contributed by atoms with Gasteiger partial charge in [0.05, 0.1) is 6.04 Å². The van der Waals surface area contributed by atoms with Crippen molar-refractivity contribution in [3.63, 3.8) is 0 Å². The fourth-order valence-electron chi connectivity index (χ4n) is 2.03. The summed E-state index contributed by atoms with van der Waals surface area (Å²) in [4.78, 5) is 14.1. The average molecular weight is 225 g/mol. The lowest BCUT2D eigenvalue weighted by Gasteiger charge is -2.25. The number of carbonyl (C=O) groups excluding carboxylic acids is 1. The van der Waals surface area contributed by atoms with Gasteiger partial charge in [-0.15, -0.1) is 0 Å². The molecule has 0 spiro atoms. The van der Waals surface area contributed by atoms with Crippen LogP contribution in [0.3, 0.4) is 0 Å². The zero-order valence-electron chi connectivity index (χ0n) is 8.75. The van der Waals surface area contributed by atoms with Gasteiger partial charge in [-0.25, -0.2) is 0 Å². The van der Waals surface area contributed by atoms with Crippen LogP contribution in [0.25, 0.3) is 0 Å². The SMILES string of the molecule is CCc1c[nH]c(=S)n1C1CCC(=O)NC1. The number of carbonyl (C=O) groups is 1. The Balaban J connectivity index is 2.25. The van der Waals surface area contributed by atoms with Crippen LogP contribution in [0.4, 0.5) is 0 Å². The van der Waals surface area contributed by atoms with Crippen molar-refractivity contribution in [1.82, 2.24) is 14.9 Å². The highest BCUT2D eigenvalue weighted by atomic mass is 32.1. The summed E-state index contributed by atoms with van der Waals surface area (Å²) in [6.45, 7) is 2.80. The molecule has 0 aliphatic carbocycles. The highest BCUT2D eigenvalue weighted by molar-refractivity contribution is 7.71. The molecule has 2 heterocycles. The van der Waals surface area contributed by atoms with Crippen molar-refractivity contribution < 1.29 is 4.79 Å². The number of aromatic nitrogens is 2. The van der Waals surface area contributed by atoms with Crippen LogP contribution in [-0.4, -0.2) is 22.0 Å². The molecule has 1 aromatic rings. The van der Waals surface area contributed by atoms with E-state index in [0.29, 0.717) is 19.0 Å². The summed E-state index contributed by atoms with van der Waals surface area (Å²) in [5.74, 6) is 0.145. The summed E-state index contributed by atoms with van der Waals surface area (Å²) in [6.07, 6.45) is 4.39. The molecule has 1 amide bonds. The van der Waals surface area contributed by atoms with Gasteiger partial charge in [0, 0.05) is 24.9 Å². The van der Waals surface area contributed by atoms with Gasteiger partial charge in [-0.1, -0.05) is 6.92 Å². The van der Waals surface area contributed by atoms with Gasteiger partial charge in [-0.05, 0) is 25.1 Å². The Morgan fingerprint density at radius 2 is 2.47 bits per heavy atom. The third-order valence-electron chi connectivity index (χ3n) is 2.86. The van der Waals surface area contributed by atoms with Crippen LogP contribution < -0.4 is 5.32 Å². The molecule has 1 aromatic heterocycles. The zero-order chi connectivity index (χ0) is 10.8. The minimum atomic E-state index is 0.145. The van der Waals surface area contributed by atoms with Gasteiger partial charge < -0.3 is 14.9 Å². The molecule has 4 nitrogen and oxygen atoms in total. The molecular weight excluding hydrogens is 210 g/mol. The maximum atomic E-state index is 11.1. The summed E-state index contributed by atoms with van der Waals surface area (Å²) >= 11 is 5.24. The van der Waals surface area contributed by atoms with Crippen LogP contribution >= 0.6 is 12.2 Å². The molecule has 15 heavy (non-hydrogen) atoms.